The van der Waals surface area contributed by atoms with Gasteiger partial charge in [0, 0.05) is 38.9 Å². The van der Waals surface area contributed by atoms with Crippen LogP contribution in [-0.4, -0.2) is 71.5 Å². The molecule has 0 radical (unpaired) electrons. The van der Waals surface area contributed by atoms with Crippen molar-refractivity contribution in [2.45, 2.75) is 45.2 Å². The van der Waals surface area contributed by atoms with Crippen LogP contribution in [0.15, 0.2) is 42.5 Å². The number of alkyl halides is 3. The minimum Gasteiger partial charge on any atom is -0.457 e. The summed E-state index contributed by atoms with van der Waals surface area (Å²) in [6.45, 7) is 5.10. The fourth-order valence-electron chi connectivity index (χ4n) is 4.31. The van der Waals surface area contributed by atoms with E-state index in [1.165, 1.54) is 29.2 Å². The Morgan fingerprint density at radius 3 is 2.66 bits per heavy atom. The molecular weight excluding hydrogens is 506 g/mol. The van der Waals surface area contributed by atoms with Gasteiger partial charge in [0.25, 0.3) is 0 Å². The van der Waals surface area contributed by atoms with Crippen molar-refractivity contribution in [1.82, 2.24) is 25.1 Å². The van der Waals surface area contributed by atoms with Crippen molar-refractivity contribution < 1.29 is 31.8 Å². The summed E-state index contributed by atoms with van der Waals surface area (Å²) >= 11 is 0. The number of fused-ring (bicyclic) bond motifs is 1. The van der Waals surface area contributed by atoms with E-state index in [0.717, 1.165) is 5.52 Å². The van der Waals surface area contributed by atoms with Crippen LogP contribution in [-0.2, 0) is 22.6 Å². The Bertz CT molecular complexity index is 1230. The van der Waals surface area contributed by atoms with Crippen LogP contribution in [0.5, 0.6) is 11.5 Å². The molecule has 0 spiro atoms. The first kappa shape index (κ1) is 27.8. The van der Waals surface area contributed by atoms with E-state index >= 15 is 0 Å². The summed E-state index contributed by atoms with van der Waals surface area (Å²) < 4.78 is 66.0. The van der Waals surface area contributed by atoms with Gasteiger partial charge in [0.15, 0.2) is 0 Å². The zero-order chi connectivity index (χ0) is 27.3. The average molecular weight is 538 g/mol. The second kappa shape index (κ2) is 12.1. The molecule has 2 aromatic carbocycles. The molecule has 8 nitrogen and oxygen atoms in total. The molecule has 0 saturated carbocycles. The van der Waals surface area contributed by atoms with Gasteiger partial charge < -0.3 is 24.3 Å². The molecule has 2 heterocycles. The lowest BCUT2D eigenvalue weighted by Gasteiger charge is -2.36. The number of carbonyl (C=O) groups excluding carboxylic acids is 1. The lowest BCUT2D eigenvalue weighted by Crippen LogP contribution is -2.60. The molecule has 1 aromatic heterocycles. The van der Waals surface area contributed by atoms with Crippen molar-refractivity contribution in [3.8, 4) is 11.5 Å². The molecule has 1 aliphatic heterocycles. The van der Waals surface area contributed by atoms with Crippen molar-refractivity contribution >= 4 is 16.9 Å². The van der Waals surface area contributed by atoms with E-state index < -0.39 is 30.7 Å². The van der Waals surface area contributed by atoms with Crippen molar-refractivity contribution in [3.05, 3.63) is 54.1 Å². The molecular formula is C26H31F4N5O3. The predicted molar refractivity (Wildman–Crippen MR) is 133 cm³/mol. The Hall–Kier alpha value is -3.22. The van der Waals surface area contributed by atoms with Crippen molar-refractivity contribution in [2.75, 3.05) is 32.8 Å². The Morgan fingerprint density at radius 2 is 1.95 bits per heavy atom. The number of imidazole rings is 1. The molecule has 1 unspecified atom stereocenters. The summed E-state index contributed by atoms with van der Waals surface area (Å²) in [5, 5.41) is 5.54. The first-order valence-electron chi connectivity index (χ1n) is 12.5. The topological polar surface area (TPSA) is 80.7 Å². The van der Waals surface area contributed by atoms with Gasteiger partial charge in [-0.3, -0.25) is 10.1 Å². The van der Waals surface area contributed by atoms with Crippen LogP contribution in [0.25, 0.3) is 11.0 Å². The van der Waals surface area contributed by atoms with Gasteiger partial charge in [0.2, 0.25) is 5.91 Å². The van der Waals surface area contributed by atoms with Crippen LogP contribution in [0.1, 0.15) is 19.7 Å². The van der Waals surface area contributed by atoms with Crippen molar-refractivity contribution in [1.29, 1.82) is 0 Å². The molecule has 2 N–H and O–H groups in total. The molecule has 12 heteroatoms. The summed E-state index contributed by atoms with van der Waals surface area (Å²) in [6, 6.07) is 8.66. The lowest BCUT2D eigenvalue weighted by atomic mass is 10.1. The third-order valence-corrected chi connectivity index (χ3v) is 6.33. The van der Waals surface area contributed by atoms with Crippen LogP contribution in [0.2, 0.25) is 0 Å². The number of nitrogens with one attached hydrogen (secondary N) is 2. The zero-order valence-electron chi connectivity index (χ0n) is 21.2. The van der Waals surface area contributed by atoms with Gasteiger partial charge in [-0.05, 0) is 50.2 Å². The molecule has 0 aliphatic carbocycles. The summed E-state index contributed by atoms with van der Waals surface area (Å²) in [5.41, 5.74) is 1.49. The highest BCUT2D eigenvalue weighted by Gasteiger charge is 2.43. The Balaban J connectivity index is 1.48. The highest BCUT2D eigenvalue weighted by molar-refractivity contribution is 5.82. The third-order valence-electron chi connectivity index (χ3n) is 6.33. The van der Waals surface area contributed by atoms with E-state index in [0.29, 0.717) is 42.6 Å². The van der Waals surface area contributed by atoms with Crippen LogP contribution in [0.3, 0.4) is 0 Å². The Morgan fingerprint density at radius 1 is 1.21 bits per heavy atom. The number of rotatable bonds is 10. The van der Waals surface area contributed by atoms with Crippen molar-refractivity contribution in [3.63, 3.8) is 0 Å². The quantitative estimate of drug-likeness (QED) is 0.302. The van der Waals surface area contributed by atoms with E-state index in [-0.39, 0.29) is 25.5 Å². The van der Waals surface area contributed by atoms with Gasteiger partial charge in [0.1, 0.15) is 29.2 Å². The number of aromatic nitrogens is 2. The molecule has 2 atom stereocenters. The maximum atomic E-state index is 13.2. The van der Waals surface area contributed by atoms with E-state index in [4.69, 9.17) is 14.5 Å². The summed E-state index contributed by atoms with van der Waals surface area (Å²) in [5.74, 6) is 0.923. The smallest absolute Gasteiger partial charge is 0.405 e. The molecule has 1 amide bonds. The zero-order valence-corrected chi connectivity index (χ0v) is 21.2. The molecule has 38 heavy (non-hydrogen) atoms. The summed E-state index contributed by atoms with van der Waals surface area (Å²) in [4.78, 5) is 18.8. The van der Waals surface area contributed by atoms with Gasteiger partial charge in [0.05, 0.1) is 30.2 Å². The first-order valence-corrected chi connectivity index (χ1v) is 12.5. The minimum atomic E-state index is -4.42. The Labute approximate surface area is 217 Å². The van der Waals surface area contributed by atoms with Crippen molar-refractivity contribution in [2.24, 2.45) is 0 Å². The number of piperazine rings is 1. The van der Waals surface area contributed by atoms with Crippen LogP contribution in [0.4, 0.5) is 17.6 Å². The number of ether oxygens (including phenoxy) is 2. The number of hydrogen-bond donors (Lipinski definition) is 2. The van der Waals surface area contributed by atoms with Gasteiger partial charge >= 0.3 is 6.18 Å². The van der Waals surface area contributed by atoms with E-state index in [1.54, 1.807) is 13.0 Å². The monoisotopic (exact) mass is 537 g/mol. The number of halogens is 4. The van der Waals surface area contributed by atoms with Gasteiger partial charge in [-0.15, -0.1) is 0 Å². The molecule has 0 bridgehead atoms. The van der Waals surface area contributed by atoms with Crippen LogP contribution >= 0.6 is 0 Å². The van der Waals surface area contributed by atoms with Crippen LogP contribution in [0, 0.1) is 5.82 Å². The van der Waals surface area contributed by atoms with Gasteiger partial charge in [-0.25, -0.2) is 9.37 Å². The highest BCUT2D eigenvalue weighted by atomic mass is 19.4. The standard InChI is InChI=1S/C26H31F4N5O3/c1-3-37-13-12-35-22-14-20(38-19-6-4-18(27)5-7-19)8-9-21(22)33-24(35)15-32-17(2)25(36)34-11-10-31-23(16-34)26(28,29)30/h4-9,14,17,23,31-32H,3,10-13,15-16H2,1-2H3/t17-,23?/m0/s1. The third kappa shape index (κ3) is 6.80. The molecule has 1 aliphatic rings. The van der Waals surface area contributed by atoms with E-state index in [1.807, 2.05) is 23.6 Å². The lowest BCUT2D eigenvalue weighted by molar-refractivity contribution is -0.168. The van der Waals surface area contributed by atoms with Crippen LogP contribution < -0.4 is 15.4 Å². The van der Waals surface area contributed by atoms with E-state index in [9.17, 15) is 22.4 Å². The second-order valence-corrected chi connectivity index (χ2v) is 9.02. The number of nitrogens with zero attached hydrogens (tertiary/aromatic N) is 3. The largest absolute Gasteiger partial charge is 0.457 e. The molecule has 3 aromatic rings. The SMILES string of the molecule is CCOCCn1c(CN[C@@H](C)C(=O)N2CCNC(C(F)(F)F)C2)nc2ccc(Oc3ccc(F)cc3)cc21. The number of carbonyl (C=O) groups is 1. The predicted octanol–water partition coefficient (Wildman–Crippen LogP) is 3.85. The highest BCUT2D eigenvalue weighted by Crippen LogP contribution is 2.27. The normalized spacial score (nSPS) is 17.1. The summed E-state index contributed by atoms with van der Waals surface area (Å²) in [6.07, 6.45) is -4.42. The minimum absolute atomic E-state index is 0.0815. The molecule has 1 fully saturated rings. The van der Waals surface area contributed by atoms with Gasteiger partial charge in [-0.1, -0.05) is 0 Å². The fraction of sp³-hybridized carbons (Fsp3) is 0.462. The first-order chi connectivity index (χ1) is 18.2. The van der Waals surface area contributed by atoms with Gasteiger partial charge in [-0.2, -0.15) is 13.2 Å². The maximum absolute atomic E-state index is 13.2. The Kier molecular flexibility index (Phi) is 8.85. The molecule has 206 valence electrons. The summed E-state index contributed by atoms with van der Waals surface area (Å²) in [7, 11) is 0. The fourth-order valence-corrected chi connectivity index (χ4v) is 4.31. The number of hydrogen-bond acceptors (Lipinski definition) is 6. The second-order valence-electron chi connectivity index (χ2n) is 9.02. The number of amides is 1. The van der Waals surface area contributed by atoms with E-state index in [2.05, 4.69) is 10.6 Å². The number of benzene rings is 2. The maximum Gasteiger partial charge on any atom is 0.405 e. The average Bonchev–Trinajstić information content (AvgIpc) is 3.24. The molecule has 1 saturated heterocycles. The molecule has 4 rings (SSSR count).